The smallest absolute Gasteiger partial charge is 0.151 e. The topological polar surface area (TPSA) is 67.7 Å². The van der Waals surface area contributed by atoms with Crippen molar-refractivity contribution in [2.75, 3.05) is 0 Å². The summed E-state index contributed by atoms with van der Waals surface area (Å²) in [4.78, 5) is 0. The number of hydrogen-bond acceptors (Lipinski definition) is 3. The van der Waals surface area contributed by atoms with E-state index in [2.05, 4.69) is 5.10 Å². The lowest BCUT2D eigenvalue weighted by Crippen LogP contribution is -2.05. The molecule has 0 saturated heterocycles. The van der Waals surface area contributed by atoms with Crippen molar-refractivity contribution in [1.29, 1.82) is 5.41 Å². The van der Waals surface area contributed by atoms with Crippen LogP contribution in [-0.4, -0.2) is 14.9 Å². The molecule has 0 amide bonds. The van der Waals surface area contributed by atoms with Crippen LogP contribution in [-0.2, 0) is 12.8 Å². The van der Waals surface area contributed by atoms with Crippen molar-refractivity contribution in [3.63, 3.8) is 0 Å². The van der Waals surface area contributed by atoms with Crippen molar-refractivity contribution in [3.05, 3.63) is 16.4 Å². The van der Waals surface area contributed by atoms with E-state index in [4.69, 9.17) is 22.7 Å². The predicted octanol–water partition coefficient (Wildman–Crippen LogP) is 1.51. The first-order valence-electron chi connectivity index (χ1n) is 3.67. The number of hydrogen-bond donors (Lipinski definition) is 2. The van der Waals surface area contributed by atoms with Gasteiger partial charge in [0.25, 0.3) is 0 Å². The number of amidine groups is 1. The van der Waals surface area contributed by atoms with Crippen molar-refractivity contribution in [2.24, 2.45) is 12.8 Å². The summed E-state index contributed by atoms with van der Waals surface area (Å²) in [6.45, 7) is 1.85. The van der Waals surface area contributed by atoms with Gasteiger partial charge in [0.1, 0.15) is 0 Å². The van der Waals surface area contributed by atoms with Gasteiger partial charge < -0.3 is 5.73 Å². The highest BCUT2D eigenvalue weighted by molar-refractivity contribution is 8.13. The molecule has 1 rings (SSSR count). The van der Waals surface area contributed by atoms with Crippen LogP contribution in [0.4, 0.5) is 0 Å². The molecule has 1 aromatic rings. The van der Waals surface area contributed by atoms with Gasteiger partial charge in [-0.1, -0.05) is 23.4 Å². The molecule has 0 aliphatic carbocycles. The van der Waals surface area contributed by atoms with E-state index in [-0.39, 0.29) is 5.17 Å². The maximum Gasteiger partial charge on any atom is 0.151 e. The normalized spacial score (nSPS) is 10.4. The third kappa shape index (κ3) is 2.38. The number of aryl methyl sites for hydroxylation is 2. The molecule has 0 atom stereocenters. The molecule has 1 heterocycles. The van der Waals surface area contributed by atoms with Crippen LogP contribution in [0.5, 0.6) is 0 Å². The number of thioether (sulfide) groups is 1. The lowest BCUT2D eigenvalue weighted by molar-refractivity contribution is 0.728. The Labute approximate surface area is 86.0 Å². The summed E-state index contributed by atoms with van der Waals surface area (Å²) in [5.41, 5.74) is 6.93. The number of nitrogens with two attached hydrogens (primary N) is 1. The summed E-state index contributed by atoms with van der Waals surface area (Å²) in [6.07, 6.45) is 0. The second-order valence-electron chi connectivity index (χ2n) is 2.62. The summed E-state index contributed by atoms with van der Waals surface area (Å²) in [7, 11) is 1.83. The van der Waals surface area contributed by atoms with E-state index >= 15 is 0 Å². The van der Waals surface area contributed by atoms with Crippen LogP contribution in [0.2, 0.25) is 5.02 Å². The van der Waals surface area contributed by atoms with Crippen LogP contribution in [0.3, 0.4) is 0 Å². The molecular weight excluding hydrogens is 208 g/mol. The maximum atomic E-state index is 7.06. The van der Waals surface area contributed by atoms with Gasteiger partial charge in [0.05, 0.1) is 16.4 Å². The van der Waals surface area contributed by atoms with Gasteiger partial charge in [0.15, 0.2) is 5.17 Å². The summed E-state index contributed by atoms with van der Waals surface area (Å²) < 4.78 is 1.72. The van der Waals surface area contributed by atoms with Gasteiger partial charge in [-0.25, -0.2) is 0 Å². The molecule has 0 fully saturated rings. The molecule has 0 aromatic carbocycles. The molecule has 0 aliphatic heterocycles. The fraction of sp³-hybridized carbons (Fsp3) is 0.429. The van der Waals surface area contributed by atoms with Crippen molar-refractivity contribution in [2.45, 2.75) is 12.7 Å². The minimum absolute atomic E-state index is 0.0925. The highest BCUT2D eigenvalue weighted by Gasteiger charge is 2.10. The zero-order valence-corrected chi connectivity index (χ0v) is 9.04. The molecule has 4 nitrogen and oxygen atoms in total. The van der Waals surface area contributed by atoms with E-state index in [9.17, 15) is 0 Å². The van der Waals surface area contributed by atoms with Crippen LogP contribution in [0, 0.1) is 12.3 Å². The van der Waals surface area contributed by atoms with E-state index in [0.29, 0.717) is 10.8 Å². The molecule has 0 aliphatic rings. The van der Waals surface area contributed by atoms with E-state index in [1.54, 1.807) is 4.68 Å². The van der Waals surface area contributed by atoms with Gasteiger partial charge in [-0.3, -0.25) is 10.1 Å². The first kappa shape index (κ1) is 10.4. The third-order valence-corrected chi connectivity index (χ3v) is 2.85. The maximum absolute atomic E-state index is 7.06. The van der Waals surface area contributed by atoms with Crippen molar-refractivity contribution in [3.8, 4) is 0 Å². The monoisotopic (exact) mass is 218 g/mol. The van der Waals surface area contributed by atoms with Gasteiger partial charge in [-0.2, -0.15) is 5.10 Å². The number of nitrogens with zero attached hydrogens (tertiary/aromatic N) is 2. The Hall–Kier alpha value is -0.680. The average Bonchev–Trinajstić information content (AvgIpc) is 2.24. The van der Waals surface area contributed by atoms with Gasteiger partial charge in [-0.05, 0) is 6.92 Å². The number of nitrogens with one attached hydrogen (secondary N) is 1. The zero-order chi connectivity index (χ0) is 10.0. The summed E-state index contributed by atoms with van der Waals surface area (Å²) in [5, 5.41) is 12.0. The molecule has 13 heavy (non-hydrogen) atoms. The van der Waals surface area contributed by atoms with Gasteiger partial charge in [-0.15, -0.1) is 0 Å². The van der Waals surface area contributed by atoms with E-state index in [0.717, 1.165) is 11.4 Å². The lowest BCUT2D eigenvalue weighted by atomic mass is 10.4. The zero-order valence-electron chi connectivity index (χ0n) is 7.47. The molecule has 0 radical (unpaired) electrons. The van der Waals surface area contributed by atoms with E-state index in [1.807, 2.05) is 14.0 Å². The Morgan fingerprint density at radius 1 is 1.77 bits per heavy atom. The fourth-order valence-corrected chi connectivity index (χ4v) is 1.91. The van der Waals surface area contributed by atoms with Crippen LogP contribution in [0.25, 0.3) is 0 Å². The average molecular weight is 219 g/mol. The van der Waals surface area contributed by atoms with Crippen LogP contribution >= 0.6 is 23.4 Å². The molecule has 0 spiro atoms. The summed E-state index contributed by atoms with van der Waals surface area (Å²) in [5.74, 6) is 0.589. The van der Waals surface area contributed by atoms with Gasteiger partial charge in [0, 0.05) is 12.8 Å². The number of aromatic nitrogens is 2. The van der Waals surface area contributed by atoms with Gasteiger partial charge in [0.2, 0.25) is 0 Å². The highest BCUT2D eigenvalue weighted by Crippen LogP contribution is 2.23. The summed E-state index contributed by atoms with van der Waals surface area (Å²) >= 11 is 7.23. The molecule has 0 unspecified atom stereocenters. The Balaban J connectivity index is 2.81. The standard InChI is InChI=1S/C7H11ClN4S/c1-4-6(8)5(12(2)11-4)3-13-7(9)10/h3H2,1-2H3,(H3,9,10). The molecule has 1 aromatic heterocycles. The number of rotatable bonds is 2. The first-order valence-corrected chi connectivity index (χ1v) is 5.03. The van der Waals surface area contributed by atoms with E-state index in [1.165, 1.54) is 11.8 Å². The van der Waals surface area contributed by atoms with E-state index < -0.39 is 0 Å². The van der Waals surface area contributed by atoms with Crippen LogP contribution in [0.1, 0.15) is 11.4 Å². The largest absolute Gasteiger partial charge is 0.379 e. The van der Waals surface area contributed by atoms with Crippen molar-refractivity contribution < 1.29 is 0 Å². The van der Waals surface area contributed by atoms with Crippen molar-refractivity contribution in [1.82, 2.24) is 9.78 Å². The van der Waals surface area contributed by atoms with Crippen LogP contribution in [0.15, 0.2) is 0 Å². The summed E-state index contributed by atoms with van der Waals surface area (Å²) in [6, 6.07) is 0. The fourth-order valence-electron chi connectivity index (χ4n) is 0.983. The Morgan fingerprint density at radius 2 is 2.38 bits per heavy atom. The molecule has 0 saturated carbocycles. The Bertz CT molecular complexity index is 333. The molecule has 72 valence electrons. The molecular formula is C7H11ClN4S. The Kier molecular flexibility index (Phi) is 3.22. The lowest BCUT2D eigenvalue weighted by Gasteiger charge is -2.00. The minimum atomic E-state index is 0.0925. The molecule has 0 bridgehead atoms. The SMILES string of the molecule is Cc1nn(C)c(CSC(=N)N)c1Cl. The van der Waals surface area contributed by atoms with Crippen molar-refractivity contribution >= 4 is 28.5 Å². The molecule has 3 N–H and O–H groups in total. The highest BCUT2D eigenvalue weighted by atomic mass is 35.5. The first-order chi connectivity index (χ1) is 6.02. The minimum Gasteiger partial charge on any atom is -0.379 e. The third-order valence-electron chi connectivity index (χ3n) is 1.63. The quantitative estimate of drug-likeness (QED) is 0.584. The second-order valence-corrected chi connectivity index (χ2v) is 4.02. The predicted molar refractivity (Wildman–Crippen MR) is 56.2 cm³/mol. The number of halogens is 1. The van der Waals surface area contributed by atoms with Crippen LogP contribution < -0.4 is 5.73 Å². The Morgan fingerprint density at radius 3 is 2.77 bits per heavy atom. The second kappa shape index (κ2) is 4.02. The molecule has 6 heteroatoms. The van der Waals surface area contributed by atoms with Gasteiger partial charge >= 0.3 is 0 Å².